The number of nitriles is 1. The fourth-order valence-corrected chi connectivity index (χ4v) is 3.57. The van der Waals surface area contributed by atoms with Crippen LogP contribution in [-0.2, 0) is 12.8 Å². The Morgan fingerprint density at radius 3 is 2.60 bits per heavy atom. The van der Waals surface area contributed by atoms with E-state index in [1.807, 2.05) is 19.1 Å². The number of anilines is 2. The third-order valence-electron chi connectivity index (χ3n) is 4.94. The highest BCUT2D eigenvalue weighted by atomic mass is 16.1. The number of hydrogen-bond acceptors (Lipinski definition) is 4. The van der Waals surface area contributed by atoms with E-state index in [2.05, 4.69) is 16.4 Å². The monoisotopic (exact) mass is 336 g/mol. The molecule has 2 N–H and O–H groups in total. The Kier molecular flexibility index (Phi) is 5.49. The third-order valence-corrected chi connectivity index (χ3v) is 4.94. The van der Waals surface area contributed by atoms with E-state index in [4.69, 9.17) is 10.2 Å². The molecular formula is C20H24N4O. The van der Waals surface area contributed by atoms with E-state index in [9.17, 15) is 4.79 Å². The molecule has 3 rings (SSSR count). The van der Waals surface area contributed by atoms with Crippen molar-refractivity contribution in [3.8, 4) is 6.07 Å². The van der Waals surface area contributed by atoms with Gasteiger partial charge >= 0.3 is 0 Å². The number of benzene rings is 1. The Morgan fingerprint density at radius 1 is 1.24 bits per heavy atom. The first-order valence-corrected chi connectivity index (χ1v) is 9.09. The smallest absolute Gasteiger partial charge is 0.255 e. The van der Waals surface area contributed by atoms with Crippen LogP contribution in [-0.4, -0.2) is 9.97 Å². The molecule has 0 bridgehead atoms. The molecule has 0 unspecified atom stereocenters. The minimum Gasteiger partial charge on any atom is -0.326 e. The summed E-state index contributed by atoms with van der Waals surface area (Å²) in [5.74, 6) is 1.11. The lowest BCUT2D eigenvalue weighted by molar-refractivity contribution is 0.353. The van der Waals surface area contributed by atoms with Crippen molar-refractivity contribution < 1.29 is 0 Å². The van der Waals surface area contributed by atoms with Gasteiger partial charge < -0.3 is 5.32 Å². The maximum absolute atomic E-state index is 12.4. The summed E-state index contributed by atoms with van der Waals surface area (Å²) in [7, 11) is 0. The van der Waals surface area contributed by atoms with Gasteiger partial charge in [0, 0.05) is 11.3 Å². The Morgan fingerprint density at radius 2 is 1.96 bits per heavy atom. The van der Waals surface area contributed by atoms with Gasteiger partial charge in [-0.1, -0.05) is 39.0 Å². The molecule has 1 heterocycles. The van der Waals surface area contributed by atoms with Crippen LogP contribution in [0.3, 0.4) is 0 Å². The second kappa shape index (κ2) is 7.98. The van der Waals surface area contributed by atoms with Crippen LogP contribution in [0.4, 0.5) is 11.6 Å². The molecule has 25 heavy (non-hydrogen) atoms. The Balaban J connectivity index is 1.84. The van der Waals surface area contributed by atoms with E-state index >= 15 is 0 Å². The lowest BCUT2D eigenvalue weighted by atomic mass is 9.85. The molecule has 1 aliphatic carbocycles. The standard InChI is InChI=1S/C20H24N4O/c1-2-17-18(12-14-6-4-3-5-7-14)23-20(24-19(17)25)22-16-10-8-15(13-21)9-11-16/h8-11,14H,2-7,12H2,1H3,(H2,22,23,24,25). The zero-order valence-corrected chi connectivity index (χ0v) is 14.6. The number of hydrogen-bond donors (Lipinski definition) is 2. The molecule has 0 spiro atoms. The normalized spacial score (nSPS) is 14.9. The molecule has 0 atom stereocenters. The zero-order valence-electron chi connectivity index (χ0n) is 14.6. The van der Waals surface area contributed by atoms with E-state index in [1.54, 1.807) is 12.1 Å². The largest absolute Gasteiger partial charge is 0.326 e. The van der Waals surface area contributed by atoms with Crippen LogP contribution < -0.4 is 10.9 Å². The molecule has 0 aliphatic heterocycles. The van der Waals surface area contributed by atoms with E-state index in [-0.39, 0.29) is 5.56 Å². The summed E-state index contributed by atoms with van der Waals surface area (Å²) >= 11 is 0. The van der Waals surface area contributed by atoms with Crippen LogP contribution >= 0.6 is 0 Å². The van der Waals surface area contributed by atoms with Crippen LogP contribution in [0.5, 0.6) is 0 Å². The molecule has 0 radical (unpaired) electrons. The molecule has 130 valence electrons. The summed E-state index contributed by atoms with van der Waals surface area (Å²) < 4.78 is 0. The molecule has 1 aromatic heterocycles. The highest BCUT2D eigenvalue weighted by molar-refractivity contribution is 5.55. The molecule has 0 saturated heterocycles. The molecule has 5 heteroatoms. The van der Waals surface area contributed by atoms with E-state index in [0.717, 1.165) is 23.4 Å². The molecule has 1 aromatic carbocycles. The summed E-state index contributed by atoms with van der Waals surface area (Å²) in [5.41, 5.74) is 3.08. The molecular weight excluding hydrogens is 312 g/mol. The quantitative estimate of drug-likeness (QED) is 0.862. The summed E-state index contributed by atoms with van der Waals surface area (Å²) in [6, 6.07) is 9.20. The molecule has 5 nitrogen and oxygen atoms in total. The fourth-order valence-electron chi connectivity index (χ4n) is 3.57. The Hall–Kier alpha value is -2.61. The summed E-state index contributed by atoms with van der Waals surface area (Å²) in [6.07, 6.45) is 7.94. The fraction of sp³-hybridized carbons (Fsp3) is 0.450. The first-order chi connectivity index (χ1) is 12.2. The summed E-state index contributed by atoms with van der Waals surface area (Å²) in [6.45, 7) is 2.00. The van der Waals surface area contributed by atoms with Crippen molar-refractivity contribution in [3.05, 3.63) is 51.4 Å². The van der Waals surface area contributed by atoms with Gasteiger partial charge in [0.25, 0.3) is 5.56 Å². The molecule has 0 amide bonds. The second-order valence-corrected chi connectivity index (χ2v) is 6.72. The molecule has 1 aliphatic rings. The Labute approximate surface area is 148 Å². The zero-order chi connectivity index (χ0) is 17.6. The van der Waals surface area contributed by atoms with Crippen LogP contribution in [0.15, 0.2) is 29.1 Å². The lowest BCUT2D eigenvalue weighted by Gasteiger charge is -2.22. The van der Waals surface area contributed by atoms with Gasteiger partial charge in [0.05, 0.1) is 17.3 Å². The van der Waals surface area contributed by atoms with Crippen molar-refractivity contribution >= 4 is 11.6 Å². The Bertz CT molecular complexity index is 811. The SMILES string of the molecule is CCc1c(CC2CCCCC2)nc(Nc2ccc(C#N)cc2)[nH]c1=O. The lowest BCUT2D eigenvalue weighted by Crippen LogP contribution is -2.21. The number of H-pyrrole nitrogens is 1. The van der Waals surface area contributed by atoms with Gasteiger partial charge in [-0.25, -0.2) is 4.98 Å². The highest BCUT2D eigenvalue weighted by Crippen LogP contribution is 2.27. The number of rotatable bonds is 5. The van der Waals surface area contributed by atoms with Crippen LogP contribution in [0, 0.1) is 17.2 Å². The van der Waals surface area contributed by atoms with Gasteiger partial charge in [-0.2, -0.15) is 5.26 Å². The van der Waals surface area contributed by atoms with Gasteiger partial charge in [0.1, 0.15) is 0 Å². The van der Waals surface area contributed by atoms with Gasteiger partial charge in [-0.05, 0) is 43.0 Å². The second-order valence-electron chi connectivity index (χ2n) is 6.72. The van der Waals surface area contributed by atoms with Crippen molar-refractivity contribution in [2.24, 2.45) is 5.92 Å². The first kappa shape index (κ1) is 17.2. The van der Waals surface area contributed by atoms with Crippen LogP contribution in [0.25, 0.3) is 0 Å². The molecule has 1 saturated carbocycles. The van der Waals surface area contributed by atoms with Crippen molar-refractivity contribution in [1.29, 1.82) is 5.26 Å². The van der Waals surface area contributed by atoms with Crippen LogP contribution in [0.2, 0.25) is 0 Å². The predicted molar refractivity (Wildman–Crippen MR) is 99.0 cm³/mol. The van der Waals surface area contributed by atoms with Crippen molar-refractivity contribution in [2.45, 2.75) is 51.9 Å². The van der Waals surface area contributed by atoms with Crippen molar-refractivity contribution in [3.63, 3.8) is 0 Å². The van der Waals surface area contributed by atoms with Gasteiger partial charge in [0.2, 0.25) is 5.95 Å². The average molecular weight is 336 g/mol. The minimum absolute atomic E-state index is 0.0561. The third kappa shape index (κ3) is 4.27. The minimum atomic E-state index is -0.0561. The number of nitrogens with one attached hydrogen (secondary N) is 2. The predicted octanol–water partition coefficient (Wildman–Crippen LogP) is 4.07. The molecule has 2 aromatic rings. The number of aromatic amines is 1. The maximum Gasteiger partial charge on any atom is 0.255 e. The van der Waals surface area contributed by atoms with Crippen molar-refractivity contribution in [2.75, 3.05) is 5.32 Å². The van der Waals surface area contributed by atoms with E-state index < -0.39 is 0 Å². The maximum atomic E-state index is 12.4. The van der Waals surface area contributed by atoms with Crippen molar-refractivity contribution in [1.82, 2.24) is 9.97 Å². The first-order valence-electron chi connectivity index (χ1n) is 9.09. The van der Waals surface area contributed by atoms with Gasteiger partial charge in [-0.3, -0.25) is 9.78 Å². The number of nitrogens with zero attached hydrogens (tertiary/aromatic N) is 2. The topological polar surface area (TPSA) is 81.6 Å². The highest BCUT2D eigenvalue weighted by Gasteiger charge is 2.18. The summed E-state index contributed by atoms with van der Waals surface area (Å²) in [4.78, 5) is 20.0. The average Bonchev–Trinajstić information content (AvgIpc) is 2.63. The number of aromatic nitrogens is 2. The summed E-state index contributed by atoms with van der Waals surface area (Å²) in [5, 5.41) is 12.0. The van der Waals surface area contributed by atoms with E-state index in [1.165, 1.54) is 32.1 Å². The van der Waals surface area contributed by atoms with E-state index in [0.29, 0.717) is 23.9 Å². The van der Waals surface area contributed by atoms with Gasteiger partial charge in [0.15, 0.2) is 0 Å². The molecule has 1 fully saturated rings. The van der Waals surface area contributed by atoms with Crippen LogP contribution in [0.1, 0.15) is 55.8 Å². The van der Waals surface area contributed by atoms with Gasteiger partial charge in [-0.15, -0.1) is 0 Å².